The molecule has 2 radical (unpaired) electrons. The van der Waals surface area contributed by atoms with Gasteiger partial charge in [0, 0.05) is 32.7 Å². The van der Waals surface area contributed by atoms with Crippen LogP contribution in [0.1, 0.15) is 56.0 Å². The molecule has 0 spiro atoms. The van der Waals surface area contributed by atoms with Gasteiger partial charge in [-0.05, 0) is 42.1 Å². The van der Waals surface area contributed by atoms with Gasteiger partial charge in [-0.15, -0.1) is 0 Å². The minimum Gasteiger partial charge on any atom is -0.289 e. The van der Waals surface area contributed by atoms with Crippen molar-refractivity contribution in [2.75, 3.05) is 0 Å². The second kappa shape index (κ2) is 8.40. The van der Waals surface area contributed by atoms with Gasteiger partial charge in [0.2, 0.25) is 5.12 Å². The third kappa shape index (κ3) is 3.71. The van der Waals surface area contributed by atoms with Crippen LogP contribution in [0.3, 0.4) is 0 Å². The van der Waals surface area contributed by atoms with Crippen molar-refractivity contribution in [2.24, 2.45) is 0 Å². The lowest BCUT2D eigenvalue weighted by molar-refractivity contribution is 0.0978. The van der Waals surface area contributed by atoms with Crippen molar-refractivity contribution >= 4 is 41.8 Å². The molecule has 0 fully saturated rings. The summed E-state index contributed by atoms with van der Waals surface area (Å²) in [6.07, 6.45) is 0. The largest absolute Gasteiger partial charge is 0.289 e. The van der Waals surface area contributed by atoms with Gasteiger partial charge in [-0.1, -0.05) is 55.7 Å². The van der Waals surface area contributed by atoms with Crippen molar-refractivity contribution < 1.29 is 14.4 Å². The van der Waals surface area contributed by atoms with Gasteiger partial charge in [-0.3, -0.25) is 14.4 Å². The number of hydrogen-bond acceptors (Lipinski definition) is 4. The van der Waals surface area contributed by atoms with Crippen LogP contribution in [0.15, 0.2) is 71.6 Å². The van der Waals surface area contributed by atoms with Gasteiger partial charge in [0.25, 0.3) is 0 Å². The Labute approximate surface area is 169 Å². The van der Waals surface area contributed by atoms with E-state index in [1.807, 2.05) is 13.8 Å². The van der Waals surface area contributed by atoms with E-state index < -0.39 is 0 Å². The minimum atomic E-state index is -0.234. The summed E-state index contributed by atoms with van der Waals surface area (Å²) >= 11 is 1.05. The zero-order valence-electron chi connectivity index (χ0n) is 15.6. The minimum absolute atomic E-state index is 0.194. The fourth-order valence-electron chi connectivity index (χ4n) is 2.93. The van der Waals surface area contributed by atoms with Crippen LogP contribution < -0.4 is 5.46 Å². The molecule has 28 heavy (non-hydrogen) atoms. The smallest absolute Gasteiger partial charge is 0.224 e. The van der Waals surface area contributed by atoms with E-state index in [0.29, 0.717) is 27.7 Å². The molecule has 0 atom stereocenters. The summed E-state index contributed by atoms with van der Waals surface area (Å²) in [5, 5.41) is -0.198. The maximum atomic E-state index is 12.7. The van der Waals surface area contributed by atoms with Gasteiger partial charge in [0.05, 0.1) is 0 Å². The zero-order chi connectivity index (χ0) is 20.3. The van der Waals surface area contributed by atoms with E-state index in [9.17, 15) is 14.4 Å². The number of fused-ring (bicyclic) bond motifs is 2. The number of ketones is 2. The number of thioether (sulfide) groups is 1. The van der Waals surface area contributed by atoms with Gasteiger partial charge < -0.3 is 0 Å². The fourth-order valence-corrected chi connectivity index (χ4v) is 3.66. The summed E-state index contributed by atoms with van der Waals surface area (Å²) < 4.78 is 0. The predicted molar refractivity (Wildman–Crippen MR) is 113 cm³/mol. The highest BCUT2D eigenvalue weighted by atomic mass is 32.2. The summed E-state index contributed by atoms with van der Waals surface area (Å²) in [5.41, 5.74) is 2.39. The van der Waals surface area contributed by atoms with Gasteiger partial charge in [-0.25, -0.2) is 0 Å². The molecule has 3 aromatic carbocycles. The Hall–Kier alpha value is -2.92. The molecule has 0 aliphatic heterocycles. The highest BCUT2D eigenvalue weighted by Gasteiger charge is 2.29. The standard InChI is InChI=1S/C21H11BO3S.C2H6/c22-13-6-8-14(9-7-13)26-21(25)12-5-10-17-18(11-12)20(24)16-4-2-1-3-15(16)19(17)23;1-2/h1-11H;1-2H3. The van der Waals surface area contributed by atoms with E-state index >= 15 is 0 Å². The Bertz CT molecular complexity index is 1070. The number of carbonyl (C=O) groups excluding carboxylic acids is 3. The van der Waals surface area contributed by atoms with Crippen LogP contribution in [0, 0.1) is 0 Å². The molecule has 0 unspecified atom stereocenters. The SMILES string of the molecule is CC.[B]c1ccc(SC(=O)c2ccc3c(c2)C(=O)c2ccccc2C3=O)cc1. The van der Waals surface area contributed by atoms with Gasteiger partial charge >= 0.3 is 0 Å². The summed E-state index contributed by atoms with van der Waals surface area (Å²) in [5.74, 6) is -0.428. The molecule has 0 aromatic heterocycles. The average Bonchev–Trinajstić information content (AvgIpc) is 2.74. The van der Waals surface area contributed by atoms with Crippen LogP contribution in [0.4, 0.5) is 0 Å². The van der Waals surface area contributed by atoms with Gasteiger partial charge in [0.1, 0.15) is 7.85 Å². The van der Waals surface area contributed by atoms with E-state index in [1.165, 1.54) is 6.07 Å². The molecule has 0 bridgehead atoms. The number of rotatable bonds is 2. The molecule has 0 heterocycles. The molecule has 0 saturated carbocycles. The maximum absolute atomic E-state index is 12.7. The Morgan fingerprint density at radius 3 is 1.89 bits per heavy atom. The van der Waals surface area contributed by atoms with E-state index in [2.05, 4.69) is 0 Å². The fraction of sp³-hybridized carbons (Fsp3) is 0.0870. The first-order valence-electron chi connectivity index (χ1n) is 8.95. The second-order valence-electron chi connectivity index (χ2n) is 5.92. The van der Waals surface area contributed by atoms with Crippen molar-refractivity contribution in [3.05, 3.63) is 94.5 Å². The number of hydrogen-bond donors (Lipinski definition) is 0. The molecule has 3 aromatic rings. The van der Waals surface area contributed by atoms with Gasteiger partial charge in [0.15, 0.2) is 11.6 Å². The van der Waals surface area contributed by atoms with Crippen molar-refractivity contribution in [3.63, 3.8) is 0 Å². The molecular formula is C23H17BO3S. The van der Waals surface area contributed by atoms with E-state index in [-0.39, 0.29) is 22.2 Å². The maximum Gasteiger partial charge on any atom is 0.224 e. The van der Waals surface area contributed by atoms with Crippen LogP contribution in [-0.2, 0) is 0 Å². The third-order valence-corrected chi connectivity index (χ3v) is 5.18. The molecule has 1 aliphatic carbocycles. The Morgan fingerprint density at radius 2 is 1.29 bits per heavy atom. The van der Waals surface area contributed by atoms with Crippen molar-refractivity contribution in [3.8, 4) is 0 Å². The summed E-state index contributed by atoms with van der Waals surface area (Å²) in [7, 11) is 5.65. The lowest BCUT2D eigenvalue weighted by atomic mass is 9.83. The topological polar surface area (TPSA) is 51.2 Å². The number of benzene rings is 3. The Kier molecular flexibility index (Phi) is 5.95. The third-order valence-electron chi connectivity index (χ3n) is 4.25. The normalized spacial score (nSPS) is 11.8. The molecule has 5 heteroatoms. The van der Waals surface area contributed by atoms with E-state index in [1.54, 1.807) is 60.7 Å². The molecule has 0 amide bonds. The first-order chi connectivity index (χ1) is 13.5. The molecule has 0 N–H and O–H groups in total. The monoisotopic (exact) mass is 384 g/mol. The molecule has 3 nitrogen and oxygen atoms in total. The Balaban J connectivity index is 0.00000109. The van der Waals surface area contributed by atoms with E-state index in [4.69, 9.17) is 7.85 Å². The zero-order valence-corrected chi connectivity index (χ0v) is 16.4. The van der Waals surface area contributed by atoms with Crippen LogP contribution in [0.5, 0.6) is 0 Å². The lowest BCUT2D eigenvalue weighted by Crippen LogP contribution is -2.21. The van der Waals surface area contributed by atoms with Crippen LogP contribution in [0.25, 0.3) is 0 Å². The number of carbonyl (C=O) groups is 3. The van der Waals surface area contributed by atoms with Crippen LogP contribution >= 0.6 is 11.8 Å². The molecule has 4 rings (SSSR count). The summed E-state index contributed by atoms with van der Waals surface area (Å²) in [6.45, 7) is 4.00. The first kappa shape index (κ1) is 19.8. The quantitative estimate of drug-likeness (QED) is 0.384. The van der Waals surface area contributed by atoms with Crippen LogP contribution in [0.2, 0.25) is 0 Å². The first-order valence-corrected chi connectivity index (χ1v) is 9.76. The van der Waals surface area contributed by atoms with Crippen LogP contribution in [-0.4, -0.2) is 24.5 Å². The molecule has 1 aliphatic rings. The highest BCUT2D eigenvalue weighted by molar-refractivity contribution is 8.14. The summed E-state index contributed by atoms with van der Waals surface area (Å²) in [6, 6.07) is 18.4. The van der Waals surface area contributed by atoms with E-state index in [0.717, 1.165) is 16.7 Å². The molecule has 0 saturated heterocycles. The molecule has 136 valence electrons. The highest BCUT2D eigenvalue weighted by Crippen LogP contribution is 2.30. The van der Waals surface area contributed by atoms with Crippen molar-refractivity contribution in [1.82, 2.24) is 0 Å². The van der Waals surface area contributed by atoms with Crippen molar-refractivity contribution in [2.45, 2.75) is 18.7 Å². The molecular weight excluding hydrogens is 367 g/mol. The predicted octanol–water partition coefficient (Wildman–Crippen LogP) is 4.21. The Morgan fingerprint density at radius 1 is 0.750 bits per heavy atom. The average molecular weight is 384 g/mol. The second-order valence-corrected chi connectivity index (χ2v) is 6.97. The van der Waals surface area contributed by atoms with Crippen molar-refractivity contribution in [1.29, 1.82) is 0 Å². The summed E-state index contributed by atoms with van der Waals surface area (Å²) in [4.78, 5) is 38.7. The van der Waals surface area contributed by atoms with Gasteiger partial charge in [-0.2, -0.15) is 0 Å². The lowest BCUT2D eigenvalue weighted by Gasteiger charge is -2.17.